The fraction of sp³-hybridized carbons (Fsp3) is 0.406. The van der Waals surface area contributed by atoms with Gasteiger partial charge in [0.25, 0.3) is 0 Å². The summed E-state index contributed by atoms with van der Waals surface area (Å²) in [6, 6.07) is 11.5. The van der Waals surface area contributed by atoms with Crippen LogP contribution in [0.15, 0.2) is 60.0 Å². The van der Waals surface area contributed by atoms with Crippen molar-refractivity contribution in [1.82, 2.24) is 14.6 Å². The number of nitrogens with two attached hydrogens (primary N) is 1. The Morgan fingerprint density at radius 3 is 2.67 bits per heavy atom. The molecule has 2 saturated carbocycles. The number of benzene rings is 1. The fourth-order valence-electron chi connectivity index (χ4n) is 7.04. The molecule has 0 aliphatic heterocycles. The average Bonchev–Trinajstić information content (AvgIpc) is 3.37. The predicted octanol–water partition coefficient (Wildman–Crippen LogP) is 6.33. The van der Waals surface area contributed by atoms with E-state index in [9.17, 15) is 5.11 Å². The van der Waals surface area contributed by atoms with Crippen molar-refractivity contribution < 1.29 is 9.84 Å². The Labute approximate surface area is 235 Å². The van der Waals surface area contributed by atoms with E-state index in [1.54, 1.807) is 31.5 Å². The minimum atomic E-state index is 0.209. The van der Waals surface area contributed by atoms with Gasteiger partial charge in [0.1, 0.15) is 11.6 Å². The summed E-state index contributed by atoms with van der Waals surface area (Å²) in [4.78, 5) is 9.17. The number of rotatable bonds is 6. The number of phenolic OH excluding ortho intramolecular Hbond substituents is 1. The molecule has 0 amide bonds. The minimum absolute atomic E-state index is 0.209. The van der Waals surface area contributed by atoms with Crippen LogP contribution in [0.5, 0.6) is 11.6 Å². The highest BCUT2D eigenvalue weighted by Crippen LogP contribution is 2.46. The number of aromatic hydroxyl groups is 1. The summed E-state index contributed by atoms with van der Waals surface area (Å²) in [5.74, 6) is 3.93. The summed E-state index contributed by atoms with van der Waals surface area (Å²) in [5.41, 5.74) is 12.9. The van der Waals surface area contributed by atoms with Crippen LogP contribution in [0.3, 0.4) is 0 Å². The predicted molar refractivity (Wildman–Crippen MR) is 159 cm³/mol. The van der Waals surface area contributed by atoms with Crippen LogP contribution in [0.25, 0.3) is 16.6 Å². The zero-order chi connectivity index (χ0) is 28.0. The Hall–Kier alpha value is -4.07. The molecule has 8 nitrogen and oxygen atoms in total. The number of nitrogens with one attached hydrogen (secondary N) is 1. The molecule has 0 saturated heterocycles. The van der Waals surface area contributed by atoms with E-state index in [-0.39, 0.29) is 5.75 Å². The lowest BCUT2D eigenvalue weighted by atomic mass is 9.63. The summed E-state index contributed by atoms with van der Waals surface area (Å²) in [7, 11) is 1.62. The summed E-state index contributed by atoms with van der Waals surface area (Å²) >= 11 is 0. The minimum Gasteiger partial charge on any atom is -0.508 e. The maximum absolute atomic E-state index is 9.86. The van der Waals surface area contributed by atoms with E-state index in [1.165, 1.54) is 25.7 Å². The number of pyridine rings is 1. The van der Waals surface area contributed by atoms with Crippen LogP contribution < -0.4 is 15.8 Å². The van der Waals surface area contributed by atoms with Gasteiger partial charge in [-0.2, -0.15) is 5.10 Å². The summed E-state index contributed by atoms with van der Waals surface area (Å²) < 4.78 is 7.15. The van der Waals surface area contributed by atoms with Gasteiger partial charge in [-0.15, -0.1) is 0 Å². The average molecular weight is 539 g/mol. The molecule has 1 aromatic carbocycles. The van der Waals surface area contributed by atoms with Gasteiger partial charge in [0.2, 0.25) is 5.88 Å². The Morgan fingerprint density at radius 1 is 1.07 bits per heavy atom. The number of fused-ring (bicyclic) bond motifs is 3. The molecule has 4 N–H and O–H groups in total. The smallest absolute Gasteiger partial charge is 0.212 e. The molecular weight excluding hydrogens is 500 g/mol. The lowest BCUT2D eigenvalue weighted by Gasteiger charge is -2.47. The highest BCUT2D eigenvalue weighted by atomic mass is 16.5. The summed E-state index contributed by atoms with van der Waals surface area (Å²) in [6.45, 7) is 6.70. The van der Waals surface area contributed by atoms with Crippen molar-refractivity contribution in [3.05, 3.63) is 66.1 Å². The van der Waals surface area contributed by atoms with Gasteiger partial charge in [-0.3, -0.25) is 0 Å². The largest absolute Gasteiger partial charge is 0.508 e. The number of hydrogen-bond donors (Lipinski definition) is 3. The molecule has 5 atom stereocenters. The van der Waals surface area contributed by atoms with Gasteiger partial charge in [-0.25, -0.2) is 14.5 Å². The van der Waals surface area contributed by atoms with Crippen molar-refractivity contribution in [3.8, 4) is 22.8 Å². The Bertz CT molecular complexity index is 1560. The van der Waals surface area contributed by atoms with E-state index in [0.717, 1.165) is 51.0 Å². The van der Waals surface area contributed by atoms with Crippen molar-refractivity contribution in [2.75, 3.05) is 12.4 Å². The topological polar surface area (TPSA) is 110 Å². The molecule has 2 aliphatic carbocycles. The second kappa shape index (κ2) is 10.5. The third kappa shape index (κ3) is 4.98. The number of hydrogen-bond acceptors (Lipinski definition) is 6. The normalized spacial score (nSPS) is 24.7. The van der Waals surface area contributed by atoms with Gasteiger partial charge in [0, 0.05) is 35.6 Å². The monoisotopic (exact) mass is 538 g/mol. The van der Waals surface area contributed by atoms with Gasteiger partial charge in [-0.05, 0) is 92.2 Å². The van der Waals surface area contributed by atoms with Crippen molar-refractivity contribution in [2.24, 2.45) is 34.4 Å². The third-order valence-corrected chi connectivity index (χ3v) is 8.83. The van der Waals surface area contributed by atoms with Crippen LogP contribution >= 0.6 is 0 Å². The molecule has 6 rings (SSSR count). The molecule has 5 unspecified atom stereocenters. The zero-order valence-electron chi connectivity index (χ0n) is 23.6. The molecule has 8 heteroatoms. The molecule has 2 fully saturated rings. The van der Waals surface area contributed by atoms with Crippen LogP contribution in [-0.2, 0) is 0 Å². The molecular formula is C32H38N6O2. The van der Waals surface area contributed by atoms with Gasteiger partial charge in [-0.1, -0.05) is 13.8 Å². The maximum Gasteiger partial charge on any atom is 0.212 e. The van der Waals surface area contributed by atoms with E-state index in [2.05, 4.69) is 30.2 Å². The summed E-state index contributed by atoms with van der Waals surface area (Å²) in [6.07, 6.45) is 10.8. The highest BCUT2D eigenvalue weighted by Gasteiger charge is 2.40. The number of phenols is 1. The number of ether oxygens (including phenoxy) is 1. The first-order valence-corrected chi connectivity index (χ1v) is 14.2. The fourth-order valence-corrected chi connectivity index (χ4v) is 7.04. The molecule has 0 spiro atoms. The van der Waals surface area contributed by atoms with Gasteiger partial charge in [0.05, 0.1) is 35.8 Å². The van der Waals surface area contributed by atoms with E-state index < -0.39 is 0 Å². The molecule has 3 heterocycles. The molecule has 208 valence electrons. The standard InChI is InChI=1S/C32H38N6O2/c1-18-9-21-11-20(3)30(23(10-18)13-21)37-31-26(32(33)36-27-7-6-25(39)12-19(27)2)16-35-38-17-24(14-28(31)38)22-5-8-29(40-4)34-15-22/h5-8,12,14-18,20-21,23,30,37,39H,9-11,13H2,1-4H3,(H2,33,36). The molecule has 0 radical (unpaired) electrons. The summed E-state index contributed by atoms with van der Waals surface area (Å²) in [5, 5.41) is 18.6. The Balaban J connectivity index is 1.45. The van der Waals surface area contributed by atoms with E-state index in [4.69, 9.17) is 20.6 Å². The van der Waals surface area contributed by atoms with E-state index in [0.29, 0.717) is 29.6 Å². The number of amidine groups is 1. The molecule has 4 aromatic rings. The van der Waals surface area contributed by atoms with Crippen LogP contribution in [0.1, 0.15) is 50.7 Å². The molecule has 3 aromatic heterocycles. The second-order valence-corrected chi connectivity index (χ2v) is 11.9. The van der Waals surface area contributed by atoms with Gasteiger partial charge < -0.3 is 20.9 Å². The Morgan fingerprint density at radius 2 is 1.93 bits per heavy atom. The van der Waals surface area contributed by atoms with E-state index >= 15 is 0 Å². The van der Waals surface area contributed by atoms with Crippen LogP contribution in [0.2, 0.25) is 0 Å². The molecule has 2 bridgehead atoms. The van der Waals surface area contributed by atoms with E-state index in [1.807, 2.05) is 36.0 Å². The Kier molecular flexibility index (Phi) is 6.86. The number of methoxy groups -OCH3 is 1. The van der Waals surface area contributed by atoms with Crippen molar-refractivity contribution >= 4 is 22.7 Å². The zero-order valence-corrected chi connectivity index (χ0v) is 23.6. The number of aromatic nitrogens is 3. The first-order chi connectivity index (χ1) is 19.3. The van der Waals surface area contributed by atoms with Crippen molar-refractivity contribution in [1.29, 1.82) is 0 Å². The van der Waals surface area contributed by atoms with Crippen LogP contribution in [0.4, 0.5) is 11.4 Å². The van der Waals surface area contributed by atoms with Crippen molar-refractivity contribution in [3.63, 3.8) is 0 Å². The SMILES string of the molecule is COc1ccc(-c2cc3c(NC4C(C)CC5CC(C)CC4C5)c(C(N)=Nc4ccc(O)cc4C)cnn3c2)cn1. The maximum atomic E-state index is 9.86. The third-order valence-electron chi connectivity index (χ3n) is 8.83. The van der Waals surface area contributed by atoms with Crippen molar-refractivity contribution in [2.45, 2.75) is 52.5 Å². The van der Waals surface area contributed by atoms with Crippen LogP contribution in [-0.4, -0.2) is 38.7 Å². The lowest BCUT2D eigenvalue weighted by molar-refractivity contribution is 0.0965. The number of anilines is 1. The molecule has 2 aliphatic rings. The lowest BCUT2D eigenvalue weighted by Crippen LogP contribution is -2.45. The molecule has 40 heavy (non-hydrogen) atoms. The first-order valence-electron chi connectivity index (χ1n) is 14.2. The first kappa shape index (κ1) is 26.2. The van der Waals surface area contributed by atoms with Gasteiger partial charge >= 0.3 is 0 Å². The van der Waals surface area contributed by atoms with Crippen LogP contribution in [0, 0.1) is 30.6 Å². The number of nitrogens with zero attached hydrogens (tertiary/aromatic N) is 4. The van der Waals surface area contributed by atoms with Gasteiger partial charge in [0.15, 0.2) is 0 Å². The quantitative estimate of drug-likeness (QED) is 0.195. The highest BCUT2D eigenvalue weighted by molar-refractivity contribution is 6.06. The number of aliphatic imine (C=N–C) groups is 1. The second-order valence-electron chi connectivity index (χ2n) is 11.9. The number of aryl methyl sites for hydroxylation is 1.